The Balaban J connectivity index is 1.64. The first-order chi connectivity index (χ1) is 9.74. The summed E-state index contributed by atoms with van der Waals surface area (Å²) in [6.07, 6.45) is 7.58. The molecule has 108 valence electrons. The molecule has 5 rings (SSSR count). The second-order valence-corrected chi connectivity index (χ2v) is 7.76. The van der Waals surface area contributed by atoms with Gasteiger partial charge in [0.25, 0.3) is 0 Å². The molecule has 20 heavy (non-hydrogen) atoms. The first-order valence-corrected chi connectivity index (χ1v) is 8.54. The lowest BCUT2D eigenvalue weighted by Crippen LogP contribution is -2.43. The maximum absolute atomic E-state index is 5.85. The first-order valence-electron chi connectivity index (χ1n) is 8.54. The number of nitrogens with two attached hydrogens (primary N) is 1. The maximum atomic E-state index is 5.85. The van der Waals surface area contributed by atoms with Crippen LogP contribution in [-0.2, 0) is 0 Å². The Labute approximate surface area is 122 Å². The van der Waals surface area contributed by atoms with Crippen LogP contribution in [0.5, 0.6) is 0 Å². The molecule has 1 heteroatoms. The van der Waals surface area contributed by atoms with Crippen molar-refractivity contribution in [3.05, 3.63) is 35.4 Å². The van der Waals surface area contributed by atoms with Crippen molar-refractivity contribution in [1.82, 2.24) is 0 Å². The molecule has 0 spiro atoms. The van der Waals surface area contributed by atoms with Gasteiger partial charge in [-0.15, -0.1) is 0 Å². The van der Waals surface area contributed by atoms with Crippen molar-refractivity contribution in [3.63, 3.8) is 0 Å². The summed E-state index contributed by atoms with van der Waals surface area (Å²) in [5, 5.41) is 0. The van der Waals surface area contributed by atoms with Crippen molar-refractivity contribution in [3.8, 4) is 0 Å². The maximum Gasteiger partial charge on any atom is -0.00109 e. The van der Waals surface area contributed by atoms with Crippen LogP contribution in [0.4, 0.5) is 0 Å². The molecule has 2 N–H and O–H groups in total. The lowest BCUT2D eigenvalue weighted by Gasteiger charge is -2.54. The van der Waals surface area contributed by atoms with Crippen LogP contribution >= 0.6 is 0 Å². The molecular weight excluding hydrogens is 242 g/mol. The van der Waals surface area contributed by atoms with E-state index in [1.165, 1.54) is 31.2 Å². The standard InChI is InChI=1S/C19H27N/c1-12(11-20)15-3-2-4-16(10-15)19-17-6-13-5-14(8-17)9-18(19)7-13/h2-4,10,12-14,17-19H,5-9,11,20H2,1H3. The molecule has 0 saturated heterocycles. The van der Waals surface area contributed by atoms with Crippen LogP contribution in [0.25, 0.3) is 0 Å². The smallest absolute Gasteiger partial charge is 0.00109 e. The molecule has 1 atom stereocenters. The summed E-state index contributed by atoms with van der Waals surface area (Å²) in [4.78, 5) is 0. The van der Waals surface area contributed by atoms with Crippen LogP contribution in [0.2, 0.25) is 0 Å². The van der Waals surface area contributed by atoms with Gasteiger partial charge in [0, 0.05) is 0 Å². The van der Waals surface area contributed by atoms with E-state index in [1.54, 1.807) is 12.0 Å². The van der Waals surface area contributed by atoms with Gasteiger partial charge in [-0.2, -0.15) is 0 Å². The predicted octanol–water partition coefficient (Wildman–Crippen LogP) is 4.29. The van der Waals surface area contributed by atoms with Gasteiger partial charge < -0.3 is 5.73 Å². The first kappa shape index (κ1) is 12.9. The summed E-state index contributed by atoms with van der Waals surface area (Å²) in [6.45, 7) is 3.00. The summed E-state index contributed by atoms with van der Waals surface area (Å²) < 4.78 is 0. The zero-order chi connectivity index (χ0) is 13.7. The molecule has 0 amide bonds. The van der Waals surface area contributed by atoms with E-state index in [4.69, 9.17) is 5.73 Å². The zero-order valence-electron chi connectivity index (χ0n) is 12.6. The van der Waals surface area contributed by atoms with Gasteiger partial charge in [-0.25, -0.2) is 0 Å². The lowest BCUT2D eigenvalue weighted by molar-refractivity contribution is -0.00280. The SMILES string of the molecule is CC(CN)c1cccc(C2C3CC4CC(C3)CC2C4)c1. The van der Waals surface area contributed by atoms with Crippen molar-refractivity contribution in [1.29, 1.82) is 0 Å². The molecular formula is C19H27N. The predicted molar refractivity (Wildman–Crippen MR) is 83.7 cm³/mol. The van der Waals surface area contributed by atoms with Crippen LogP contribution in [0.3, 0.4) is 0 Å². The molecule has 0 heterocycles. The van der Waals surface area contributed by atoms with Crippen LogP contribution in [0, 0.1) is 23.7 Å². The number of hydrogen-bond donors (Lipinski definition) is 1. The van der Waals surface area contributed by atoms with E-state index in [9.17, 15) is 0 Å². The highest BCUT2D eigenvalue weighted by atomic mass is 14.5. The van der Waals surface area contributed by atoms with E-state index >= 15 is 0 Å². The van der Waals surface area contributed by atoms with Crippen molar-refractivity contribution in [2.45, 2.75) is 50.9 Å². The van der Waals surface area contributed by atoms with E-state index in [1.807, 2.05) is 0 Å². The largest absolute Gasteiger partial charge is 0.330 e. The quantitative estimate of drug-likeness (QED) is 0.870. The molecule has 4 fully saturated rings. The van der Waals surface area contributed by atoms with E-state index in [0.29, 0.717) is 5.92 Å². The second kappa shape index (κ2) is 4.87. The van der Waals surface area contributed by atoms with Crippen molar-refractivity contribution in [2.24, 2.45) is 29.4 Å². The normalized spacial score (nSPS) is 40.0. The van der Waals surface area contributed by atoms with Gasteiger partial charge in [-0.3, -0.25) is 0 Å². The van der Waals surface area contributed by atoms with Crippen molar-refractivity contribution < 1.29 is 0 Å². The molecule has 0 radical (unpaired) electrons. The lowest BCUT2D eigenvalue weighted by atomic mass is 9.50. The minimum absolute atomic E-state index is 0.492. The average molecular weight is 269 g/mol. The van der Waals surface area contributed by atoms with E-state index in [0.717, 1.165) is 36.1 Å². The third kappa shape index (κ3) is 2.02. The topological polar surface area (TPSA) is 26.0 Å². The van der Waals surface area contributed by atoms with E-state index in [-0.39, 0.29) is 0 Å². The molecule has 4 aliphatic carbocycles. The number of rotatable bonds is 3. The van der Waals surface area contributed by atoms with Crippen LogP contribution in [0.15, 0.2) is 24.3 Å². The monoisotopic (exact) mass is 269 g/mol. The highest BCUT2D eigenvalue weighted by Crippen LogP contribution is 2.59. The second-order valence-electron chi connectivity index (χ2n) is 7.76. The molecule has 1 unspecified atom stereocenters. The Morgan fingerprint density at radius 2 is 1.70 bits per heavy atom. The van der Waals surface area contributed by atoms with E-state index in [2.05, 4.69) is 31.2 Å². The van der Waals surface area contributed by atoms with Gasteiger partial charge in [0.15, 0.2) is 0 Å². The molecule has 0 aliphatic heterocycles. The van der Waals surface area contributed by atoms with Crippen molar-refractivity contribution in [2.75, 3.05) is 6.54 Å². The molecule has 1 aromatic rings. The molecule has 1 aromatic carbocycles. The highest BCUT2D eigenvalue weighted by molar-refractivity contribution is 5.31. The third-order valence-electron chi connectivity index (χ3n) is 6.44. The minimum atomic E-state index is 0.492. The van der Waals surface area contributed by atoms with E-state index < -0.39 is 0 Å². The fourth-order valence-corrected chi connectivity index (χ4v) is 5.68. The van der Waals surface area contributed by atoms with Gasteiger partial charge >= 0.3 is 0 Å². The average Bonchev–Trinajstić information content (AvgIpc) is 2.45. The summed E-state index contributed by atoms with van der Waals surface area (Å²) in [7, 11) is 0. The van der Waals surface area contributed by atoms with Crippen molar-refractivity contribution >= 4 is 0 Å². The molecule has 4 aliphatic rings. The van der Waals surface area contributed by atoms with Gasteiger partial charge in [0.1, 0.15) is 0 Å². The molecule has 1 nitrogen and oxygen atoms in total. The summed E-state index contributed by atoms with van der Waals surface area (Å²) in [6, 6.07) is 9.39. The number of benzene rings is 1. The molecule has 4 saturated carbocycles. The fraction of sp³-hybridized carbons (Fsp3) is 0.684. The summed E-state index contributed by atoms with van der Waals surface area (Å²) in [5.74, 6) is 5.45. The Hall–Kier alpha value is -0.820. The Kier molecular flexibility index (Phi) is 3.14. The van der Waals surface area contributed by atoms with Crippen LogP contribution in [-0.4, -0.2) is 6.54 Å². The highest BCUT2D eigenvalue weighted by Gasteiger charge is 2.48. The Bertz CT molecular complexity index is 464. The summed E-state index contributed by atoms with van der Waals surface area (Å²) in [5.41, 5.74) is 8.91. The zero-order valence-corrected chi connectivity index (χ0v) is 12.6. The van der Waals surface area contributed by atoms with Crippen LogP contribution in [0.1, 0.15) is 62.0 Å². The third-order valence-corrected chi connectivity index (χ3v) is 6.44. The van der Waals surface area contributed by atoms with Gasteiger partial charge in [0.2, 0.25) is 0 Å². The molecule has 0 aromatic heterocycles. The fourth-order valence-electron chi connectivity index (χ4n) is 5.68. The van der Waals surface area contributed by atoms with Crippen LogP contribution < -0.4 is 5.73 Å². The summed E-state index contributed by atoms with van der Waals surface area (Å²) >= 11 is 0. The Morgan fingerprint density at radius 1 is 1.05 bits per heavy atom. The van der Waals surface area contributed by atoms with Gasteiger partial charge in [0.05, 0.1) is 0 Å². The minimum Gasteiger partial charge on any atom is -0.330 e. The Morgan fingerprint density at radius 3 is 2.30 bits per heavy atom. The molecule has 4 bridgehead atoms. The van der Waals surface area contributed by atoms with Gasteiger partial charge in [-0.05, 0) is 85.3 Å². The number of hydrogen-bond acceptors (Lipinski definition) is 1. The van der Waals surface area contributed by atoms with Gasteiger partial charge in [-0.1, -0.05) is 31.2 Å².